The molecule has 0 bridgehead atoms. The third kappa shape index (κ3) is 3.72. The quantitative estimate of drug-likeness (QED) is 0.799. The summed E-state index contributed by atoms with van der Waals surface area (Å²) in [7, 11) is 0. The van der Waals surface area contributed by atoms with E-state index in [1.807, 2.05) is 20.8 Å². The molecule has 6 heteroatoms. The molecule has 0 saturated heterocycles. The van der Waals surface area contributed by atoms with Crippen molar-refractivity contribution in [1.82, 2.24) is 0 Å². The molecule has 0 fully saturated rings. The number of ether oxygens (including phenoxy) is 1. The number of benzene rings is 1. The molecule has 1 unspecified atom stereocenters. The minimum Gasteiger partial charge on any atom is -0.432 e. The van der Waals surface area contributed by atoms with E-state index in [-0.39, 0.29) is 11.7 Å². The van der Waals surface area contributed by atoms with Crippen molar-refractivity contribution in [2.45, 2.75) is 33.4 Å². The maximum absolute atomic E-state index is 13.3. The molecule has 0 amide bonds. The van der Waals surface area contributed by atoms with Gasteiger partial charge in [-0.15, -0.1) is 0 Å². The first-order valence-corrected chi connectivity index (χ1v) is 5.61. The molecule has 0 aliphatic carbocycles. The molecule has 1 aromatic rings. The van der Waals surface area contributed by atoms with Gasteiger partial charge in [-0.3, -0.25) is 0 Å². The Balaban J connectivity index is 2.97. The Morgan fingerprint density at radius 1 is 1.22 bits per heavy atom. The number of nitrogen functional groups attached to an aromatic ring is 1. The molecule has 0 spiro atoms. The van der Waals surface area contributed by atoms with Crippen LogP contribution in [0, 0.1) is 11.7 Å². The summed E-state index contributed by atoms with van der Waals surface area (Å²) in [5, 5.41) is 3.03. The van der Waals surface area contributed by atoms with Crippen molar-refractivity contribution in [2.75, 3.05) is 11.1 Å². The van der Waals surface area contributed by atoms with Crippen LogP contribution in [0.15, 0.2) is 12.1 Å². The Bertz CT molecular complexity index is 411. The number of hydrogen-bond donors (Lipinski definition) is 2. The first-order valence-electron chi connectivity index (χ1n) is 5.61. The van der Waals surface area contributed by atoms with Crippen LogP contribution in [0.4, 0.5) is 24.5 Å². The molecule has 1 rings (SSSR count). The van der Waals surface area contributed by atoms with Gasteiger partial charge in [-0.2, -0.15) is 8.78 Å². The zero-order valence-electron chi connectivity index (χ0n) is 10.5. The molecule has 18 heavy (non-hydrogen) atoms. The molecular formula is C12H17F3N2O. The van der Waals surface area contributed by atoms with Gasteiger partial charge in [-0.05, 0) is 12.8 Å². The van der Waals surface area contributed by atoms with E-state index in [0.29, 0.717) is 11.6 Å². The monoisotopic (exact) mass is 262 g/mol. The van der Waals surface area contributed by atoms with E-state index < -0.39 is 18.2 Å². The summed E-state index contributed by atoms with van der Waals surface area (Å²) in [6, 6.07) is 2.18. The predicted octanol–water partition coefficient (Wildman–Crippen LogP) is 3.47. The fraction of sp³-hybridized carbons (Fsp3) is 0.500. The number of alkyl halides is 2. The number of rotatable bonds is 5. The van der Waals surface area contributed by atoms with Crippen molar-refractivity contribution < 1.29 is 17.9 Å². The van der Waals surface area contributed by atoms with Crippen LogP contribution in [0.5, 0.6) is 5.75 Å². The van der Waals surface area contributed by atoms with E-state index in [4.69, 9.17) is 5.73 Å². The first-order chi connectivity index (χ1) is 8.31. The lowest BCUT2D eigenvalue weighted by Crippen LogP contribution is -2.22. The highest BCUT2D eigenvalue weighted by molar-refractivity contribution is 5.69. The highest BCUT2D eigenvalue weighted by Gasteiger charge is 2.15. The zero-order chi connectivity index (χ0) is 13.9. The van der Waals surface area contributed by atoms with Gasteiger partial charge in [0, 0.05) is 18.2 Å². The molecule has 3 N–H and O–H groups in total. The predicted molar refractivity (Wildman–Crippen MR) is 65.4 cm³/mol. The van der Waals surface area contributed by atoms with Gasteiger partial charge in [-0.25, -0.2) is 4.39 Å². The van der Waals surface area contributed by atoms with E-state index in [2.05, 4.69) is 10.1 Å². The average molecular weight is 262 g/mol. The Labute approximate surface area is 104 Å². The van der Waals surface area contributed by atoms with Crippen LogP contribution >= 0.6 is 0 Å². The highest BCUT2D eigenvalue weighted by Crippen LogP contribution is 2.30. The van der Waals surface area contributed by atoms with Crippen molar-refractivity contribution in [1.29, 1.82) is 0 Å². The molecule has 102 valence electrons. The second kappa shape index (κ2) is 5.84. The van der Waals surface area contributed by atoms with Crippen molar-refractivity contribution in [2.24, 2.45) is 5.92 Å². The standard InChI is InChI=1S/C12H17F3N2O/c1-6(2)7(3)17-10-5-11(18-12(14)15)8(13)4-9(10)16/h4-7,12,17H,16H2,1-3H3. The number of halogens is 3. The third-order valence-electron chi connectivity index (χ3n) is 2.70. The van der Waals surface area contributed by atoms with E-state index in [0.717, 1.165) is 12.1 Å². The zero-order valence-corrected chi connectivity index (χ0v) is 10.5. The minimum atomic E-state index is -3.07. The van der Waals surface area contributed by atoms with Gasteiger partial charge >= 0.3 is 6.61 Å². The van der Waals surface area contributed by atoms with Gasteiger partial charge in [0.2, 0.25) is 0 Å². The van der Waals surface area contributed by atoms with E-state index in [1.54, 1.807) is 0 Å². The third-order valence-corrected chi connectivity index (χ3v) is 2.70. The molecule has 0 aliphatic rings. The summed E-state index contributed by atoms with van der Waals surface area (Å²) in [4.78, 5) is 0. The molecule has 0 radical (unpaired) electrons. The summed E-state index contributed by atoms with van der Waals surface area (Å²) in [5.74, 6) is -1.11. The van der Waals surface area contributed by atoms with Crippen molar-refractivity contribution in [3.63, 3.8) is 0 Å². The molecule has 1 atom stereocenters. The van der Waals surface area contributed by atoms with E-state index in [9.17, 15) is 13.2 Å². The lowest BCUT2D eigenvalue weighted by Gasteiger charge is -2.20. The number of nitrogens with two attached hydrogens (primary N) is 1. The van der Waals surface area contributed by atoms with Gasteiger partial charge in [0.25, 0.3) is 0 Å². The van der Waals surface area contributed by atoms with Crippen molar-refractivity contribution >= 4 is 11.4 Å². The normalized spacial score (nSPS) is 12.9. The molecule has 3 nitrogen and oxygen atoms in total. The molecule has 0 heterocycles. The van der Waals surface area contributed by atoms with Crippen LogP contribution < -0.4 is 15.8 Å². The minimum absolute atomic E-state index is 0.0668. The van der Waals surface area contributed by atoms with E-state index in [1.165, 1.54) is 0 Å². The van der Waals surface area contributed by atoms with Crippen LogP contribution in [0.25, 0.3) is 0 Å². The Kier molecular flexibility index (Phi) is 4.69. The molecule has 0 aliphatic heterocycles. The van der Waals surface area contributed by atoms with Gasteiger partial charge < -0.3 is 15.8 Å². The van der Waals surface area contributed by atoms with Crippen LogP contribution in [-0.4, -0.2) is 12.7 Å². The van der Waals surface area contributed by atoms with Gasteiger partial charge in [-0.1, -0.05) is 13.8 Å². The van der Waals surface area contributed by atoms with Crippen molar-refractivity contribution in [3.05, 3.63) is 17.9 Å². The molecule has 0 aromatic heterocycles. The van der Waals surface area contributed by atoms with Gasteiger partial charge in [0.15, 0.2) is 11.6 Å². The van der Waals surface area contributed by atoms with E-state index >= 15 is 0 Å². The van der Waals surface area contributed by atoms with Crippen LogP contribution in [0.2, 0.25) is 0 Å². The summed E-state index contributed by atoms with van der Waals surface area (Å²) in [6.45, 7) is 2.83. The second-order valence-corrected chi connectivity index (χ2v) is 4.43. The topological polar surface area (TPSA) is 47.3 Å². The summed E-state index contributed by atoms with van der Waals surface area (Å²) in [5.41, 5.74) is 6.16. The second-order valence-electron chi connectivity index (χ2n) is 4.43. The lowest BCUT2D eigenvalue weighted by atomic mass is 10.1. The fourth-order valence-corrected chi connectivity index (χ4v) is 1.29. The Morgan fingerprint density at radius 3 is 2.33 bits per heavy atom. The first kappa shape index (κ1) is 14.5. The smallest absolute Gasteiger partial charge is 0.387 e. The fourth-order valence-electron chi connectivity index (χ4n) is 1.29. The molecular weight excluding hydrogens is 245 g/mol. The lowest BCUT2D eigenvalue weighted by molar-refractivity contribution is -0.0521. The average Bonchev–Trinajstić information content (AvgIpc) is 2.24. The summed E-state index contributed by atoms with van der Waals surface area (Å²) < 4.78 is 41.6. The largest absolute Gasteiger partial charge is 0.432 e. The number of nitrogens with one attached hydrogen (secondary N) is 1. The Hall–Kier alpha value is -1.59. The molecule has 0 saturated carbocycles. The summed E-state index contributed by atoms with van der Waals surface area (Å²) in [6.07, 6.45) is 0. The Morgan fingerprint density at radius 2 is 1.83 bits per heavy atom. The SMILES string of the molecule is CC(C)C(C)Nc1cc(OC(F)F)c(F)cc1N. The van der Waals surface area contributed by atoms with Crippen LogP contribution in [0.1, 0.15) is 20.8 Å². The molecule has 1 aromatic carbocycles. The number of hydrogen-bond acceptors (Lipinski definition) is 3. The number of anilines is 2. The van der Waals surface area contributed by atoms with Crippen LogP contribution in [-0.2, 0) is 0 Å². The highest BCUT2D eigenvalue weighted by atomic mass is 19.3. The van der Waals surface area contributed by atoms with Crippen molar-refractivity contribution in [3.8, 4) is 5.75 Å². The van der Waals surface area contributed by atoms with Gasteiger partial charge in [0.1, 0.15) is 0 Å². The maximum atomic E-state index is 13.3. The van der Waals surface area contributed by atoms with Crippen LogP contribution in [0.3, 0.4) is 0 Å². The maximum Gasteiger partial charge on any atom is 0.387 e. The summed E-state index contributed by atoms with van der Waals surface area (Å²) >= 11 is 0. The van der Waals surface area contributed by atoms with Gasteiger partial charge in [0.05, 0.1) is 11.4 Å².